The molecule has 20 heavy (non-hydrogen) atoms. The van der Waals surface area contributed by atoms with Crippen LogP contribution in [0.1, 0.15) is 12.5 Å². The lowest BCUT2D eigenvalue weighted by atomic mass is 10.1. The van der Waals surface area contributed by atoms with Crippen LogP contribution < -0.4 is 5.32 Å². The molecule has 2 aromatic rings. The van der Waals surface area contributed by atoms with E-state index in [2.05, 4.69) is 5.32 Å². The quantitative estimate of drug-likeness (QED) is 0.756. The fourth-order valence-electron chi connectivity index (χ4n) is 2.22. The molecule has 0 bridgehead atoms. The molecule has 0 aliphatic heterocycles. The Labute approximate surface area is 117 Å². The molecule has 5 heteroatoms. The minimum Gasteiger partial charge on any atom is -0.394 e. The van der Waals surface area contributed by atoms with E-state index in [1.165, 1.54) is 0 Å². The van der Waals surface area contributed by atoms with E-state index >= 15 is 0 Å². The number of hydrogen-bond donors (Lipinski definition) is 3. The highest BCUT2D eigenvalue weighted by Crippen LogP contribution is 2.20. The monoisotopic (exact) mass is 276 g/mol. The number of amides is 1. The van der Waals surface area contributed by atoms with Crippen LogP contribution in [0.15, 0.2) is 30.5 Å². The molecule has 0 unspecified atom stereocenters. The van der Waals surface area contributed by atoms with Crippen LogP contribution in [0.5, 0.6) is 0 Å². The molecule has 0 atom stereocenters. The van der Waals surface area contributed by atoms with Crippen LogP contribution in [-0.4, -0.2) is 39.4 Å². The number of para-hydroxylation sites is 1. The lowest BCUT2D eigenvalue weighted by molar-refractivity contribution is -0.124. The lowest BCUT2D eigenvalue weighted by Crippen LogP contribution is -2.52. The zero-order valence-corrected chi connectivity index (χ0v) is 11.8. The number of carbonyl (C=O) groups excluding carboxylic acids is 1. The molecule has 1 heterocycles. The van der Waals surface area contributed by atoms with Gasteiger partial charge in [0.25, 0.3) is 0 Å². The third kappa shape index (κ3) is 2.84. The molecule has 0 saturated carbocycles. The molecule has 2 rings (SSSR count). The second-order valence-corrected chi connectivity index (χ2v) is 5.38. The van der Waals surface area contributed by atoms with Crippen LogP contribution in [0.25, 0.3) is 10.9 Å². The Hall–Kier alpha value is -1.85. The van der Waals surface area contributed by atoms with Crippen LogP contribution in [0.4, 0.5) is 0 Å². The lowest BCUT2D eigenvalue weighted by Gasteiger charge is -2.26. The maximum Gasteiger partial charge on any atom is 0.240 e. The Balaban J connectivity index is 2.18. The van der Waals surface area contributed by atoms with Gasteiger partial charge >= 0.3 is 0 Å². The van der Waals surface area contributed by atoms with E-state index in [1.54, 1.807) is 6.92 Å². The molecule has 108 valence electrons. The average Bonchev–Trinajstić information content (AvgIpc) is 2.76. The smallest absolute Gasteiger partial charge is 0.240 e. The summed E-state index contributed by atoms with van der Waals surface area (Å²) in [4.78, 5) is 12.0. The standard InChI is InChI=1S/C15H20N2O3/c1-11-7-17(13-6-4-3-5-12(11)13)8-14(20)16-15(2,9-18)10-19/h3-7,18-19H,8-10H2,1-2H3,(H,16,20). The molecule has 0 fully saturated rings. The van der Waals surface area contributed by atoms with Gasteiger partial charge in [-0.2, -0.15) is 0 Å². The molecular formula is C15H20N2O3. The summed E-state index contributed by atoms with van der Waals surface area (Å²) in [7, 11) is 0. The SMILES string of the molecule is Cc1cn(CC(=O)NC(C)(CO)CO)c2ccccc12. The van der Waals surface area contributed by atoms with Crippen LogP contribution >= 0.6 is 0 Å². The van der Waals surface area contributed by atoms with Crippen molar-refractivity contribution in [1.82, 2.24) is 9.88 Å². The third-order valence-corrected chi connectivity index (χ3v) is 3.44. The highest BCUT2D eigenvalue weighted by atomic mass is 16.3. The molecule has 1 amide bonds. The van der Waals surface area contributed by atoms with Crippen LogP contribution in [0.2, 0.25) is 0 Å². The first-order valence-corrected chi connectivity index (χ1v) is 6.56. The zero-order chi connectivity index (χ0) is 14.8. The summed E-state index contributed by atoms with van der Waals surface area (Å²) < 4.78 is 1.87. The second kappa shape index (κ2) is 5.64. The number of aliphatic hydroxyl groups is 2. The maximum atomic E-state index is 12.0. The van der Waals surface area contributed by atoms with E-state index in [0.717, 1.165) is 16.5 Å². The number of hydrogen-bond acceptors (Lipinski definition) is 3. The van der Waals surface area contributed by atoms with Crippen LogP contribution in [0.3, 0.4) is 0 Å². The molecule has 1 aromatic heterocycles. The molecule has 0 aliphatic rings. The number of rotatable bonds is 5. The van der Waals surface area contributed by atoms with Gasteiger partial charge in [-0.3, -0.25) is 4.79 Å². The van der Waals surface area contributed by atoms with Gasteiger partial charge in [0.2, 0.25) is 5.91 Å². The second-order valence-electron chi connectivity index (χ2n) is 5.38. The van der Waals surface area contributed by atoms with Gasteiger partial charge in [0.15, 0.2) is 0 Å². The van der Waals surface area contributed by atoms with E-state index in [4.69, 9.17) is 0 Å². The highest BCUT2D eigenvalue weighted by molar-refractivity contribution is 5.86. The topological polar surface area (TPSA) is 74.5 Å². The Bertz CT molecular complexity index is 615. The van der Waals surface area contributed by atoms with Crippen molar-refractivity contribution in [3.8, 4) is 0 Å². The van der Waals surface area contributed by atoms with Crippen LogP contribution in [0, 0.1) is 6.92 Å². The summed E-state index contributed by atoms with van der Waals surface area (Å²) in [6.45, 7) is 3.15. The van der Waals surface area contributed by atoms with Crippen molar-refractivity contribution in [2.75, 3.05) is 13.2 Å². The van der Waals surface area contributed by atoms with Gasteiger partial charge in [-0.25, -0.2) is 0 Å². The summed E-state index contributed by atoms with van der Waals surface area (Å²) in [6.07, 6.45) is 1.93. The van der Waals surface area contributed by atoms with Gasteiger partial charge in [-0.05, 0) is 25.5 Å². The first-order chi connectivity index (χ1) is 9.49. The molecule has 0 saturated heterocycles. The van der Waals surface area contributed by atoms with Crippen molar-refractivity contribution in [1.29, 1.82) is 0 Å². The number of aliphatic hydroxyl groups excluding tert-OH is 2. The largest absolute Gasteiger partial charge is 0.394 e. The fourth-order valence-corrected chi connectivity index (χ4v) is 2.22. The van der Waals surface area contributed by atoms with Gasteiger partial charge < -0.3 is 20.1 Å². The van der Waals surface area contributed by atoms with Crippen molar-refractivity contribution < 1.29 is 15.0 Å². The van der Waals surface area contributed by atoms with Crippen molar-refractivity contribution in [3.05, 3.63) is 36.0 Å². The third-order valence-electron chi connectivity index (χ3n) is 3.44. The highest BCUT2D eigenvalue weighted by Gasteiger charge is 2.24. The molecule has 0 radical (unpaired) electrons. The van der Waals surface area contributed by atoms with E-state index in [-0.39, 0.29) is 25.7 Å². The number of nitrogens with one attached hydrogen (secondary N) is 1. The number of benzene rings is 1. The normalized spacial score (nSPS) is 11.8. The summed E-state index contributed by atoms with van der Waals surface area (Å²) in [5, 5.41) is 22.2. The molecular weight excluding hydrogens is 256 g/mol. The summed E-state index contributed by atoms with van der Waals surface area (Å²) in [5.41, 5.74) is 1.12. The predicted molar refractivity (Wildman–Crippen MR) is 77.4 cm³/mol. The number of carbonyl (C=O) groups is 1. The Morgan fingerprint density at radius 3 is 2.60 bits per heavy atom. The minimum atomic E-state index is -0.991. The van der Waals surface area contributed by atoms with Crippen molar-refractivity contribution >= 4 is 16.8 Å². The first kappa shape index (κ1) is 14.6. The van der Waals surface area contributed by atoms with E-state index in [9.17, 15) is 15.0 Å². The summed E-state index contributed by atoms with van der Waals surface area (Å²) in [5.74, 6) is -0.239. The van der Waals surface area contributed by atoms with Gasteiger partial charge in [0, 0.05) is 17.1 Å². The van der Waals surface area contributed by atoms with Gasteiger partial charge in [-0.15, -0.1) is 0 Å². The predicted octanol–water partition coefficient (Wildman–Crippen LogP) is 0.809. The Kier molecular flexibility index (Phi) is 4.11. The fraction of sp³-hybridized carbons (Fsp3) is 0.400. The zero-order valence-electron chi connectivity index (χ0n) is 11.8. The number of aromatic nitrogens is 1. The molecule has 5 nitrogen and oxygen atoms in total. The van der Waals surface area contributed by atoms with E-state index in [0.29, 0.717) is 0 Å². The number of fused-ring (bicyclic) bond motifs is 1. The number of nitrogens with zero attached hydrogens (tertiary/aromatic N) is 1. The Morgan fingerprint density at radius 2 is 1.95 bits per heavy atom. The minimum absolute atomic E-state index is 0.157. The molecule has 0 aliphatic carbocycles. The average molecular weight is 276 g/mol. The van der Waals surface area contributed by atoms with Crippen molar-refractivity contribution in [3.63, 3.8) is 0 Å². The molecule has 1 aromatic carbocycles. The van der Waals surface area contributed by atoms with Gasteiger partial charge in [0.05, 0.1) is 18.8 Å². The molecule has 3 N–H and O–H groups in total. The van der Waals surface area contributed by atoms with E-state index < -0.39 is 5.54 Å². The first-order valence-electron chi connectivity index (χ1n) is 6.56. The summed E-state index contributed by atoms with van der Waals surface area (Å²) in [6, 6.07) is 7.88. The van der Waals surface area contributed by atoms with Crippen molar-refractivity contribution in [2.24, 2.45) is 0 Å². The molecule has 0 spiro atoms. The maximum absolute atomic E-state index is 12.0. The van der Waals surface area contributed by atoms with Gasteiger partial charge in [0.1, 0.15) is 6.54 Å². The van der Waals surface area contributed by atoms with E-state index in [1.807, 2.05) is 42.0 Å². The van der Waals surface area contributed by atoms with Crippen LogP contribution in [-0.2, 0) is 11.3 Å². The van der Waals surface area contributed by atoms with Gasteiger partial charge in [-0.1, -0.05) is 18.2 Å². The number of aryl methyl sites for hydroxylation is 1. The van der Waals surface area contributed by atoms with Crippen molar-refractivity contribution in [2.45, 2.75) is 25.9 Å². The summed E-state index contributed by atoms with van der Waals surface area (Å²) >= 11 is 0. The Morgan fingerprint density at radius 1 is 1.30 bits per heavy atom.